The molecule has 31 heavy (non-hydrogen) atoms. The van der Waals surface area contributed by atoms with Crippen molar-refractivity contribution in [1.29, 1.82) is 0 Å². The highest BCUT2D eigenvalue weighted by molar-refractivity contribution is 5.82. The maximum Gasteiger partial charge on any atom is 0.224 e. The summed E-state index contributed by atoms with van der Waals surface area (Å²) < 4.78 is 36.9. The number of aryl methyl sites for hydroxylation is 1. The van der Waals surface area contributed by atoms with E-state index in [0.717, 1.165) is 0 Å². The Morgan fingerprint density at radius 1 is 1.03 bits per heavy atom. The number of nitrogens with zero attached hydrogens (tertiary/aromatic N) is 7. The quantitative estimate of drug-likeness (QED) is 0.434. The van der Waals surface area contributed by atoms with Gasteiger partial charge in [0.15, 0.2) is 18.1 Å². The maximum atomic E-state index is 14.3. The van der Waals surface area contributed by atoms with Gasteiger partial charge in [-0.05, 0) is 35.9 Å². The molecule has 10 heteroatoms. The Balaban J connectivity index is 1.65. The van der Waals surface area contributed by atoms with Gasteiger partial charge in [0.1, 0.15) is 29.2 Å². The molecule has 0 N–H and O–H groups in total. The molecule has 0 amide bonds. The second-order valence-corrected chi connectivity index (χ2v) is 6.77. The molecule has 2 aromatic carbocycles. The molecule has 154 valence electrons. The van der Waals surface area contributed by atoms with Crippen LogP contribution in [-0.2, 0) is 13.7 Å². The average Bonchev–Trinajstić information content (AvgIpc) is 3.37. The first kappa shape index (κ1) is 18.8. The number of hydrogen-bond acceptors (Lipinski definition) is 6. The minimum absolute atomic E-state index is 0.0446. The van der Waals surface area contributed by atoms with Crippen LogP contribution in [0.25, 0.3) is 28.0 Å². The normalized spacial score (nSPS) is 11.2. The van der Waals surface area contributed by atoms with Crippen molar-refractivity contribution in [3.8, 4) is 22.7 Å². The lowest BCUT2D eigenvalue weighted by Gasteiger charge is -2.11. The number of ether oxygens (including phenoxy) is 1. The van der Waals surface area contributed by atoms with Gasteiger partial charge in [-0.2, -0.15) is 14.8 Å². The van der Waals surface area contributed by atoms with Crippen molar-refractivity contribution in [2.45, 2.75) is 6.61 Å². The summed E-state index contributed by atoms with van der Waals surface area (Å²) in [6.45, 7) is 0.0446. The second-order valence-electron chi connectivity index (χ2n) is 6.77. The average molecular weight is 419 g/mol. The first-order chi connectivity index (χ1) is 15.1. The van der Waals surface area contributed by atoms with Crippen LogP contribution in [0.1, 0.15) is 5.82 Å². The van der Waals surface area contributed by atoms with E-state index >= 15 is 0 Å². The van der Waals surface area contributed by atoms with E-state index in [2.05, 4.69) is 25.4 Å². The molecule has 3 heterocycles. The van der Waals surface area contributed by atoms with Gasteiger partial charge in [-0.15, -0.1) is 5.10 Å². The number of aromatic nitrogens is 7. The van der Waals surface area contributed by atoms with E-state index in [-0.39, 0.29) is 18.2 Å². The fourth-order valence-electron chi connectivity index (χ4n) is 3.18. The number of hydrogen-bond donors (Lipinski definition) is 0. The Bertz CT molecular complexity index is 1400. The molecule has 0 fully saturated rings. The molecule has 0 saturated heterocycles. The molecule has 8 nitrogen and oxygen atoms in total. The number of benzene rings is 2. The van der Waals surface area contributed by atoms with Crippen molar-refractivity contribution in [3.05, 3.63) is 78.4 Å². The van der Waals surface area contributed by atoms with Gasteiger partial charge in [-0.25, -0.2) is 13.8 Å². The molecule has 0 saturated carbocycles. The van der Waals surface area contributed by atoms with Crippen LogP contribution < -0.4 is 4.74 Å². The summed E-state index contributed by atoms with van der Waals surface area (Å²) in [4.78, 5) is 8.68. The molecule has 0 spiro atoms. The van der Waals surface area contributed by atoms with E-state index in [9.17, 15) is 8.78 Å². The Kier molecular flexibility index (Phi) is 4.58. The highest BCUT2D eigenvalue weighted by Gasteiger charge is 2.18. The standard InChI is InChI=1S/C21H15F2N7O/c1-29-12-24-19(27-29)11-31-21-15(13-5-4-6-14(22)9-13)10-17-20(25-21)30(28-26-17)18-8-3-2-7-16(18)23/h2-10,12H,11H2,1H3. The minimum Gasteiger partial charge on any atom is -0.469 e. The van der Waals surface area contributed by atoms with Gasteiger partial charge in [0.05, 0.1) is 0 Å². The molecule has 0 radical (unpaired) electrons. The smallest absolute Gasteiger partial charge is 0.224 e. The van der Waals surface area contributed by atoms with E-state index < -0.39 is 11.6 Å². The molecule has 5 rings (SSSR count). The topological polar surface area (TPSA) is 83.5 Å². The van der Waals surface area contributed by atoms with Crippen LogP contribution in [0.3, 0.4) is 0 Å². The van der Waals surface area contributed by atoms with Crippen molar-refractivity contribution in [1.82, 2.24) is 34.7 Å². The van der Waals surface area contributed by atoms with E-state index in [1.54, 1.807) is 54.5 Å². The SMILES string of the molecule is Cn1cnc(COc2nc3c(cc2-c2cccc(F)c2)nnn3-c2ccccc2F)n1. The van der Waals surface area contributed by atoms with Crippen LogP contribution in [0, 0.1) is 11.6 Å². The lowest BCUT2D eigenvalue weighted by atomic mass is 10.1. The lowest BCUT2D eigenvalue weighted by Crippen LogP contribution is -2.04. The Hall–Kier alpha value is -4.21. The summed E-state index contributed by atoms with van der Waals surface area (Å²) in [5.41, 5.74) is 1.98. The van der Waals surface area contributed by atoms with E-state index in [1.807, 2.05) is 0 Å². The molecular weight excluding hydrogens is 404 g/mol. The summed E-state index contributed by atoms with van der Waals surface area (Å²) in [7, 11) is 1.75. The molecule has 5 aromatic rings. The predicted octanol–water partition coefficient (Wildman–Crippen LogP) is 3.47. The maximum absolute atomic E-state index is 14.3. The van der Waals surface area contributed by atoms with Gasteiger partial charge in [-0.1, -0.05) is 29.5 Å². The van der Waals surface area contributed by atoms with Gasteiger partial charge in [0, 0.05) is 12.6 Å². The minimum atomic E-state index is -0.467. The predicted molar refractivity (Wildman–Crippen MR) is 107 cm³/mol. The van der Waals surface area contributed by atoms with E-state index in [0.29, 0.717) is 28.1 Å². The van der Waals surface area contributed by atoms with Gasteiger partial charge in [0.25, 0.3) is 0 Å². The third kappa shape index (κ3) is 3.59. The van der Waals surface area contributed by atoms with Crippen LogP contribution in [0.4, 0.5) is 8.78 Å². The first-order valence-corrected chi connectivity index (χ1v) is 9.33. The second kappa shape index (κ2) is 7.56. The van der Waals surface area contributed by atoms with Crippen molar-refractivity contribution in [3.63, 3.8) is 0 Å². The van der Waals surface area contributed by atoms with Crippen LogP contribution in [0.15, 0.2) is 60.9 Å². The summed E-state index contributed by atoms with van der Waals surface area (Å²) in [5, 5.41) is 12.3. The zero-order valence-electron chi connectivity index (χ0n) is 16.3. The molecule has 0 aliphatic carbocycles. The zero-order valence-corrected chi connectivity index (χ0v) is 16.3. The van der Waals surface area contributed by atoms with Gasteiger partial charge in [0.2, 0.25) is 5.88 Å². The Morgan fingerprint density at radius 3 is 2.68 bits per heavy atom. The number of rotatable bonds is 5. The molecule has 0 unspecified atom stereocenters. The third-order valence-corrected chi connectivity index (χ3v) is 4.59. The number of fused-ring (bicyclic) bond motifs is 1. The van der Waals surface area contributed by atoms with Gasteiger partial charge >= 0.3 is 0 Å². The molecule has 0 bridgehead atoms. The Morgan fingerprint density at radius 2 is 1.90 bits per heavy atom. The van der Waals surface area contributed by atoms with Gasteiger partial charge in [-0.3, -0.25) is 4.68 Å². The number of para-hydroxylation sites is 1. The highest BCUT2D eigenvalue weighted by atomic mass is 19.1. The van der Waals surface area contributed by atoms with Crippen molar-refractivity contribution >= 4 is 11.2 Å². The van der Waals surface area contributed by atoms with Crippen molar-refractivity contribution in [2.24, 2.45) is 7.05 Å². The summed E-state index contributed by atoms with van der Waals surface area (Å²) in [6, 6.07) is 13.9. The van der Waals surface area contributed by atoms with Crippen LogP contribution in [0.2, 0.25) is 0 Å². The van der Waals surface area contributed by atoms with Crippen LogP contribution in [0.5, 0.6) is 5.88 Å². The van der Waals surface area contributed by atoms with Crippen LogP contribution >= 0.6 is 0 Å². The fraction of sp³-hybridized carbons (Fsp3) is 0.0952. The van der Waals surface area contributed by atoms with E-state index in [1.165, 1.54) is 22.9 Å². The number of halogens is 2. The van der Waals surface area contributed by atoms with Crippen LogP contribution in [-0.4, -0.2) is 34.7 Å². The first-order valence-electron chi connectivity index (χ1n) is 9.33. The van der Waals surface area contributed by atoms with Crippen molar-refractivity contribution in [2.75, 3.05) is 0 Å². The van der Waals surface area contributed by atoms with Crippen molar-refractivity contribution < 1.29 is 13.5 Å². The highest BCUT2D eigenvalue weighted by Crippen LogP contribution is 2.32. The summed E-state index contributed by atoms with van der Waals surface area (Å²) >= 11 is 0. The summed E-state index contributed by atoms with van der Waals surface area (Å²) in [5.74, 6) is -0.212. The monoisotopic (exact) mass is 419 g/mol. The third-order valence-electron chi connectivity index (χ3n) is 4.59. The summed E-state index contributed by atoms with van der Waals surface area (Å²) in [6.07, 6.45) is 1.56. The molecule has 0 aliphatic heterocycles. The largest absolute Gasteiger partial charge is 0.469 e. The number of pyridine rings is 1. The van der Waals surface area contributed by atoms with Gasteiger partial charge < -0.3 is 4.74 Å². The lowest BCUT2D eigenvalue weighted by molar-refractivity contribution is 0.286. The molecule has 0 aliphatic rings. The zero-order chi connectivity index (χ0) is 21.4. The van der Waals surface area contributed by atoms with E-state index in [4.69, 9.17) is 4.74 Å². The molecule has 3 aromatic heterocycles. The fourth-order valence-corrected chi connectivity index (χ4v) is 3.18. The molecule has 0 atom stereocenters. The Labute approximate surface area is 174 Å². The molecular formula is C21H15F2N7O.